The molecule has 1 unspecified atom stereocenters. The average Bonchev–Trinajstić information content (AvgIpc) is 3.14. The molecule has 2 aromatic carbocycles. The number of amides is 1. The van der Waals surface area contributed by atoms with E-state index in [0.29, 0.717) is 12.2 Å². The van der Waals surface area contributed by atoms with Gasteiger partial charge in [-0.15, -0.1) is 11.3 Å². The highest BCUT2D eigenvalue weighted by Crippen LogP contribution is 2.37. The number of fused-ring (bicyclic) bond motifs is 2. The zero-order valence-corrected chi connectivity index (χ0v) is 20.1. The van der Waals surface area contributed by atoms with Crippen molar-refractivity contribution in [2.24, 2.45) is 0 Å². The molecule has 4 nitrogen and oxygen atoms in total. The summed E-state index contributed by atoms with van der Waals surface area (Å²) in [5.41, 5.74) is 4.23. The van der Waals surface area contributed by atoms with Crippen molar-refractivity contribution in [3.8, 4) is 5.75 Å². The molecule has 0 saturated carbocycles. The second-order valence-electron chi connectivity index (χ2n) is 9.10. The minimum atomic E-state index is -0.112. The fraction of sp³-hybridized carbons (Fsp3) is 0.393. The van der Waals surface area contributed by atoms with Crippen LogP contribution in [0.2, 0.25) is 0 Å². The molecule has 1 aromatic heterocycles. The molecule has 3 heterocycles. The fourth-order valence-corrected chi connectivity index (χ4v) is 5.99. The van der Waals surface area contributed by atoms with Crippen LogP contribution in [-0.4, -0.2) is 36.5 Å². The molecule has 1 atom stereocenters. The number of carbonyl (C=O) groups is 1. The monoisotopic (exact) mass is 460 g/mol. The summed E-state index contributed by atoms with van der Waals surface area (Å²) in [6.45, 7) is 5.02. The number of anilines is 1. The van der Waals surface area contributed by atoms with Crippen molar-refractivity contribution in [2.45, 2.75) is 51.5 Å². The minimum Gasteiger partial charge on any atom is -0.494 e. The van der Waals surface area contributed by atoms with Gasteiger partial charge in [0.15, 0.2) is 0 Å². The van der Waals surface area contributed by atoms with Crippen LogP contribution in [0.25, 0.3) is 15.7 Å². The van der Waals surface area contributed by atoms with E-state index in [-0.39, 0.29) is 5.91 Å². The van der Waals surface area contributed by atoms with Crippen molar-refractivity contribution in [1.82, 2.24) is 4.90 Å². The topological polar surface area (TPSA) is 41.6 Å². The maximum absolute atomic E-state index is 12.9. The normalized spacial score (nSPS) is 18.9. The lowest BCUT2D eigenvalue weighted by molar-refractivity contribution is 0.102. The number of benzene rings is 2. The maximum Gasteiger partial charge on any atom is 0.255 e. The number of piperidine rings is 1. The first-order chi connectivity index (χ1) is 16.2. The summed E-state index contributed by atoms with van der Waals surface area (Å²) in [6.07, 6.45) is 9.80. The summed E-state index contributed by atoms with van der Waals surface area (Å²) in [5.74, 6) is 0.621. The molecule has 0 bridgehead atoms. The lowest BCUT2D eigenvalue weighted by Gasteiger charge is -2.33. The largest absolute Gasteiger partial charge is 0.494 e. The molecule has 0 spiro atoms. The Labute approximate surface area is 200 Å². The Kier molecular flexibility index (Phi) is 6.79. The Hall–Kier alpha value is -2.63. The molecule has 0 aliphatic carbocycles. The Morgan fingerprint density at radius 3 is 3.03 bits per heavy atom. The second kappa shape index (κ2) is 10.1. The lowest BCUT2D eigenvalue weighted by atomic mass is 9.95. The zero-order chi connectivity index (χ0) is 22.6. The summed E-state index contributed by atoms with van der Waals surface area (Å²) in [4.78, 5) is 15.6. The average molecular weight is 461 g/mol. The SMILES string of the molecule is CCCOc1cccc(C(=O)Nc2ccc3scc(C4=CCN5CCCCC5CC4)c3c2)c1. The lowest BCUT2D eigenvalue weighted by Crippen LogP contribution is -2.38. The van der Waals surface area contributed by atoms with Crippen molar-refractivity contribution in [3.63, 3.8) is 0 Å². The molecule has 1 saturated heterocycles. The molecule has 5 heteroatoms. The van der Waals surface area contributed by atoms with Gasteiger partial charge >= 0.3 is 0 Å². The van der Waals surface area contributed by atoms with Gasteiger partial charge in [-0.2, -0.15) is 0 Å². The van der Waals surface area contributed by atoms with E-state index in [1.165, 1.54) is 53.5 Å². The minimum absolute atomic E-state index is 0.112. The van der Waals surface area contributed by atoms with Gasteiger partial charge in [-0.05, 0) is 91.6 Å². The first-order valence-corrected chi connectivity index (χ1v) is 13.1. The van der Waals surface area contributed by atoms with Crippen LogP contribution in [0, 0.1) is 0 Å². The molecule has 172 valence electrons. The van der Waals surface area contributed by atoms with Crippen LogP contribution >= 0.6 is 11.3 Å². The van der Waals surface area contributed by atoms with Gasteiger partial charge in [0.2, 0.25) is 0 Å². The van der Waals surface area contributed by atoms with Crippen LogP contribution in [0.1, 0.15) is 61.4 Å². The van der Waals surface area contributed by atoms with Gasteiger partial charge in [-0.3, -0.25) is 9.69 Å². The number of nitrogens with zero attached hydrogens (tertiary/aromatic N) is 1. The maximum atomic E-state index is 12.9. The quantitative estimate of drug-likeness (QED) is 0.432. The highest BCUT2D eigenvalue weighted by molar-refractivity contribution is 7.17. The Bertz CT molecular complexity index is 1170. The van der Waals surface area contributed by atoms with Gasteiger partial charge in [0.25, 0.3) is 5.91 Å². The van der Waals surface area contributed by atoms with Crippen molar-refractivity contribution >= 4 is 38.6 Å². The number of rotatable bonds is 6. The molecule has 3 aromatic rings. The molecule has 2 aliphatic rings. The molecule has 33 heavy (non-hydrogen) atoms. The van der Waals surface area contributed by atoms with Crippen LogP contribution in [0.5, 0.6) is 5.75 Å². The van der Waals surface area contributed by atoms with Crippen molar-refractivity contribution in [3.05, 3.63) is 65.0 Å². The number of nitrogens with one attached hydrogen (secondary N) is 1. The predicted molar refractivity (Wildman–Crippen MR) is 138 cm³/mol. The first-order valence-electron chi connectivity index (χ1n) is 12.2. The van der Waals surface area contributed by atoms with Crippen LogP contribution < -0.4 is 10.1 Å². The third-order valence-electron chi connectivity index (χ3n) is 6.81. The predicted octanol–water partition coefficient (Wildman–Crippen LogP) is 6.97. The van der Waals surface area contributed by atoms with Gasteiger partial charge in [-0.25, -0.2) is 0 Å². The summed E-state index contributed by atoms with van der Waals surface area (Å²) in [7, 11) is 0. The van der Waals surface area contributed by atoms with Gasteiger partial charge in [0.05, 0.1) is 6.61 Å². The van der Waals surface area contributed by atoms with Gasteiger partial charge in [0.1, 0.15) is 5.75 Å². The van der Waals surface area contributed by atoms with E-state index < -0.39 is 0 Å². The molecule has 2 aliphatic heterocycles. The van der Waals surface area contributed by atoms with E-state index in [9.17, 15) is 4.79 Å². The number of hydrogen-bond acceptors (Lipinski definition) is 4. The second-order valence-corrected chi connectivity index (χ2v) is 10.0. The Morgan fingerprint density at radius 2 is 2.12 bits per heavy atom. The van der Waals surface area contributed by atoms with Crippen LogP contribution in [0.15, 0.2) is 53.9 Å². The van der Waals surface area contributed by atoms with Crippen LogP contribution in [0.3, 0.4) is 0 Å². The van der Waals surface area contributed by atoms with E-state index in [2.05, 4.69) is 40.7 Å². The van der Waals surface area contributed by atoms with Crippen molar-refractivity contribution in [2.75, 3.05) is 25.0 Å². The van der Waals surface area contributed by atoms with E-state index in [1.807, 2.05) is 30.3 Å². The molecule has 1 fully saturated rings. The number of ether oxygens (including phenoxy) is 1. The summed E-state index contributed by atoms with van der Waals surface area (Å²) < 4.78 is 6.95. The standard InChI is InChI=1S/C28H32N2O2S/c1-2-16-32-24-8-5-6-21(17-24)28(31)29-22-10-12-27-25(18-22)26(19-33-27)20-9-11-23-7-3-4-14-30(23)15-13-20/h5-6,8,10,12-13,17-19,23H,2-4,7,9,11,14-16H2,1H3,(H,29,31). The molecule has 1 amide bonds. The number of hydrogen-bond donors (Lipinski definition) is 1. The van der Waals surface area contributed by atoms with Crippen LogP contribution in [-0.2, 0) is 0 Å². The van der Waals surface area contributed by atoms with Crippen molar-refractivity contribution < 1.29 is 9.53 Å². The third-order valence-corrected chi connectivity index (χ3v) is 7.78. The third kappa shape index (κ3) is 4.99. The van der Waals surface area contributed by atoms with Gasteiger partial charge in [-0.1, -0.05) is 25.5 Å². The smallest absolute Gasteiger partial charge is 0.255 e. The Morgan fingerprint density at radius 1 is 1.18 bits per heavy atom. The highest BCUT2D eigenvalue weighted by Gasteiger charge is 2.24. The van der Waals surface area contributed by atoms with Crippen LogP contribution in [0.4, 0.5) is 5.69 Å². The summed E-state index contributed by atoms with van der Waals surface area (Å²) >= 11 is 1.79. The van der Waals surface area contributed by atoms with E-state index in [1.54, 1.807) is 11.3 Å². The highest BCUT2D eigenvalue weighted by atomic mass is 32.1. The number of allylic oxidation sites excluding steroid dienone is 1. The summed E-state index contributed by atoms with van der Waals surface area (Å²) in [6, 6.07) is 14.4. The first kappa shape index (κ1) is 22.2. The Balaban J connectivity index is 1.35. The van der Waals surface area contributed by atoms with E-state index >= 15 is 0 Å². The molecule has 0 radical (unpaired) electrons. The number of carbonyl (C=O) groups excluding carboxylic acids is 1. The van der Waals surface area contributed by atoms with Gasteiger partial charge < -0.3 is 10.1 Å². The molecular weight excluding hydrogens is 428 g/mol. The van der Waals surface area contributed by atoms with Crippen molar-refractivity contribution in [1.29, 1.82) is 0 Å². The molecular formula is C28H32N2O2S. The van der Waals surface area contributed by atoms with E-state index in [4.69, 9.17) is 4.74 Å². The number of thiophene rings is 1. The van der Waals surface area contributed by atoms with E-state index in [0.717, 1.165) is 36.9 Å². The molecule has 5 rings (SSSR count). The van der Waals surface area contributed by atoms with Gasteiger partial charge in [0, 0.05) is 33.9 Å². The fourth-order valence-electron chi connectivity index (χ4n) is 5.03. The summed E-state index contributed by atoms with van der Waals surface area (Å²) in [5, 5.41) is 6.62. The molecule has 1 N–H and O–H groups in total. The zero-order valence-electron chi connectivity index (χ0n) is 19.3.